The Hall–Kier alpha value is -3.99. The fraction of sp³-hybridized carbons (Fsp3) is 0. The van der Waals surface area contributed by atoms with E-state index in [1.807, 2.05) is 89.7 Å². The van der Waals surface area contributed by atoms with Crippen LogP contribution < -0.4 is 4.74 Å². The van der Waals surface area contributed by atoms with E-state index in [-0.39, 0.29) is 0 Å². The minimum Gasteiger partial charge on any atom is -0.457 e. The summed E-state index contributed by atoms with van der Waals surface area (Å²) in [5.41, 5.74) is 4.42. The molecule has 0 fully saturated rings. The molecular weight excluding hydrogens is 348 g/mol. The van der Waals surface area contributed by atoms with Crippen molar-refractivity contribution in [2.75, 3.05) is 0 Å². The van der Waals surface area contributed by atoms with Gasteiger partial charge in [-0.1, -0.05) is 30.3 Å². The van der Waals surface area contributed by atoms with Crippen molar-refractivity contribution in [1.82, 2.24) is 19.7 Å². The molecule has 5 rings (SSSR count). The highest BCUT2D eigenvalue weighted by atomic mass is 16.5. The van der Waals surface area contributed by atoms with Crippen LogP contribution in [0.4, 0.5) is 0 Å². The molecule has 0 atom stereocenters. The summed E-state index contributed by atoms with van der Waals surface area (Å²) in [4.78, 5) is 9.15. The monoisotopic (exact) mass is 364 g/mol. The lowest BCUT2D eigenvalue weighted by molar-refractivity contribution is 0.482. The first-order valence-corrected chi connectivity index (χ1v) is 8.95. The molecule has 0 aliphatic heterocycles. The van der Waals surface area contributed by atoms with E-state index in [4.69, 9.17) is 4.74 Å². The van der Waals surface area contributed by atoms with Crippen LogP contribution in [0, 0.1) is 0 Å². The normalized spacial score (nSPS) is 10.9. The number of nitrogens with zero attached hydrogens (tertiary/aromatic N) is 4. The minimum absolute atomic E-state index is 0.780. The van der Waals surface area contributed by atoms with Gasteiger partial charge in [0.25, 0.3) is 0 Å². The molecule has 0 saturated carbocycles. The molecule has 0 bridgehead atoms. The second-order valence-corrected chi connectivity index (χ2v) is 6.33. The van der Waals surface area contributed by atoms with Crippen LogP contribution in [-0.4, -0.2) is 19.7 Å². The number of rotatable bonds is 4. The van der Waals surface area contributed by atoms with Crippen LogP contribution in [0.25, 0.3) is 28.0 Å². The molecule has 3 aromatic carbocycles. The van der Waals surface area contributed by atoms with Gasteiger partial charge in [0, 0.05) is 11.8 Å². The standard InChI is InChI=1S/C23H16N4O/c1-2-6-19(7-3-1)28-20-12-10-18(11-13-20)27-16-17(14-25-27)23-15-24-21-8-4-5-9-22(21)26-23/h1-16H. The molecule has 0 saturated heterocycles. The number of benzene rings is 3. The lowest BCUT2D eigenvalue weighted by Gasteiger charge is -2.06. The van der Waals surface area contributed by atoms with Gasteiger partial charge in [0.2, 0.25) is 0 Å². The molecule has 0 aliphatic carbocycles. The smallest absolute Gasteiger partial charge is 0.127 e. The van der Waals surface area contributed by atoms with Gasteiger partial charge < -0.3 is 4.74 Å². The molecular formula is C23H16N4O. The highest BCUT2D eigenvalue weighted by molar-refractivity contribution is 5.76. The summed E-state index contributed by atoms with van der Waals surface area (Å²) in [7, 11) is 0. The number of hydrogen-bond acceptors (Lipinski definition) is 4. The van der Waals surface area contributed by atoms with Crippen molar-refractivity contribution in [3.05, 3.63) is 97.5 Å². The van der Waals surface area contributed by atoms with E-state index in [1.165, 1.54) is 0 Å². The number of hydrogen-bond donors (Lipinski definition) is 0. The van der Waals surface area contributed by atoms with Gasteiger partial charge in [0.15, 0.2) is 0 Å². The zero-order chi connectivity index (χ0) is 18.8. The number of para-hydroxylation sites is 3. The lowest BCUT2D eigenvalue weighted by atomic mass is 10.2. The molecule has 28 heavy (non-hydrogen) atoms. The van der Waals surface area contributed by atoms with Crippen LogP contribution >= 0.6 is 0 Å². The first-order chi connectivity index (χ1) is 13.8. The van der Waals surface area contributed by atoms with Crippen LogP contribution in [-0.2, 0) is 0 Å². The largest absolute Gasteiger partial charge is 0.457 e. The summed E-state index contributed by atoms with van der Waals surface area (Å²) < 4.78 is 7.65. The van der Waals surface area contributed by atoms with Crippen molar-refractivity contribution in [2.45, 2.75) is 0 Å². The fourth-order valence-corrected chi connectivity index (χ4v) is 2.98. The van der Waals surface area contributed by atoms with Crippen molar-refractivity contribution in [3.8, 4) is 28.4 Å². The van der Waals surface area contributed by atoms with Gasteiger partial charge in [0.05, 0.1) is 34.8 Å². The van der Waals surface area contributed by atoms with E-state index in [2.05, 4.69) is 15.1 Å². The van der Waals surface area contributed by atoms with Gasteiger partial charge in [-0.2, -0.15) is 5.10 Å². The summed E-state index contributed by atoms with van der Waals surface area (Å²) in [5.74, 6) is 1.59. The topological polar surface area (TPSA) is 52.8 Å². The molecule has 5 heteroatoms. The maximum atomic E-state index is 5.84. The average molecular weight is 364 g/mol. The van der Waals surface area contributed by atoms with E-state index in [0.29, 0.717) is 0 Å². The lowest BCUT2D eigenvalue weighted by Crippen LogP contribution is -1.94. The van der Waals surface area contributed by atoms with Crippen molar-refractivity contribution < 1.29 is 4.74 Å². The number of fused-ring (bicyclic) bond motifs is 1. The molecule has 0 aliphatic rings. The Morgan fingerprint density at radius 2 is 1.39 bits per heavy atom. The summed E-state index contributed by atoms with van der Waals surface area (Å²) in [6.45, 7) is 0. The van der Waals surface area contributed by atoms with Crippen molar-refractivity contribution in [2.24, 2.45) is 0 Å². The molecule has 2 heterocycles. The third-order valence-corrected chi connectivity index (χ3v) is 4.41. The third-order valence-electron chi connectivity index (χ3n) is 4.41. The first kappa shape index (κ1) is 16.2. The van der Waals surface area contributed by atoms with Gasteiger partial charge >= 0.3 is 0 Å². The Morgan fingerprint density at radius 3 is 2.21 bits per heavy atom. The quantitative estimate of drug-likeness (QED) is 0.436. The highest BCUT2D eigenvalue weighted by Gasteiger charge is 2.07. The van der Waals surface area contributed by atoms with Gasteiger partial charge in [-0.3, -0.25) is 4.98 Å². The zero-order valence-corrected chi connectivity index (χ0v) is 14.9. The van der Waals surface area contributed by atoms with Crippen LogP contribution in [0.3, 0.4) is 0 Å². The molecule has 134 valence electrons. The highest BCUT2D eigenvalue weighted by Crippen LogP contribution is 2.24. The Labute approximate surface area is 161 Å². The number of ether oxygens (including phenoxy) is 1. The molecule has 0 spiro atoms. The molecule has 0 N–H and O–H groups in total. The van der Waals surface area contributed by atoms with Gasteiger partial charge in [0.1, 0.15) is 11.5 Å². The number of aromatic nitrogens is 4. The Balaban J connectivity index is 1.39. The molecule has 0 unspecified atom stereocenters. The molecule has 2 aromatic heterocycles. The molecule has 0 radical (unpaired) electrons. The van der Waals surface area contributed by atoms with E-state index < -0.39 is 0 Å². The second-order valence-electron chi connectivity index (χ2n) is 6.33. The average Bonchev–Trinajstić information content (AvgIpc) is 3.25. The summed E-state index contributed by atoms with van der Waals surface area (Å²) in [6, 6.07) is 25.4. The van der Waals surface area contributed by atoms with Gasteiger partial charge in [-0.15, -0.1) is 0 Å². The van der Waals surface area contributed by atoms with Crippen LogP contribution in [0.5, 0.6) is 11.5 Å². The van der Waals surface area contributed by atoms with Crippen molar-refractivity contribution in [1.29, 1.82) is 0 Å². The SMILES string of the molecule is c1ccc(Oc2ccc(-n3cc(-c4cnc5ccccc5n4)cn3)cc2)cc1. The Kier molecular flexibility index (Phi) is 4.03. The predicted octanol–water partition coefficient (Wildman–Crippen LogP) is 5.27. The first-order valence-electron chi connectivity index (χ1n) is 8.95. The second kappa shape index (κ2) is 6.96. The summed E-state index contributed by atoms with van der Waals surface area (Å²) in [5, 5.41) is 4.46. The summed E-state index contributed by atoms with van der Waals surface area (Å²) >= 11 is 0. The maximum absolute atomic E-state index is 5.84. The van der Waals surface area contributed by atoms with E-state index in [9.17, 15) is 0 Å². The van der Waals surface area contributed by atoms with Gasteiger partial charge in [-0.25, -0.2) is 9.67 Å². The maximum Gasteiger partial charge on any atom is 0.127 e. The predicted molar refractivity (Wildman–Crippen MR) is 109 cm³/mol. The van der Waals surface area contributed by atoms with E-state index >= 15 is 0 Å². The van der Waals surface area contributed by atoms with Crippen LogP contribution in [0.15, 0.2) is 97.5 Å². The van der Waals surface area contributed by atoms with Gasteiger partial charge in [-0.05, 0) is 48.5 Å². The van der Waals surface area contributed by atoms with Crippen molar-refractivity contribution >= 4 is 11.0 Å². The van der Waals surface area contributed by atoms with E-state index in [0.717, 1.165) is 39.5 Å². The minimum atomic E-state index is 0.780. The molecule has 0 amide bonds. The van der Waals surface area contributed by atoms with E-state index in [1.54, 1.807) is 12.4 Å². The summed E-state index contributed by atoms with van der Waals surface area (Å²) in [6.07, 6.45) is 5.53. The van der Waals surface area contributed by atoms with Crippen molar-refractivity contribution in [3.63, 3.8) is 0 Å². The van der Waals surface area contributed by atoms with Crippen LogP contribution in [0.2, 0.25) is 0 Å². The Bertz CT molecular complexity index is 1230. The third kappa shape index (κ3) is 3.21. The molecule has 5 nitrogen and oxygen atoms in total. The Morgan fingerprint density at radius 1 is 0.679 bits per heavy atom. The van der Waals surface area contributed by atoms with Crippen LogP contribution in [0.1, 0.15) is 0 Å². The molecule has 5 aromatic rings. The fourth-order valence-electron chi connectivity index (χ4n) is 2.98. The zero-order valence-electron chi connectivity index (χ0n) is 14.9.